The molecule has 0 amide bonds. The molecule has 1 N–H and O–H groups in total. The lowest BCUT2D eigenvalue weighted by Gasteiger charge is -2.17. The summed E-state index contributed by atoms with van der Waals surface area (Å²) in [6.45, 7) is 4.21. The number of hydrogen-bond donors (Lipinski definition) is 1. The first-order chi connectivity index (χ1) is 11.5. The van der Waals surface area contributed by atoms with Crippen LogP contribution in [0.4, 0.5) is 0 Å². The molecule has 0 radical (unpaired) electrons. The number of nitrogens with zero attached hydrogens (tertiary/aromatic N) is 1. The van der Waals surface area contributed by atoms with E-state index in [-0.39, 0.29) is 11.7 Å². The van der Waals surface area contributed by atoms with Gasteiger partial charge in [0, 0.05) is 0 Å². The second-order valence-corrected chi connectivity index (χ2v) is 6.09. The minimum Gasteiger partial charge on any atom is -0.481 e. The highest BCUT2D eigenvalue weighted by Crippen LogP contribution is 2.30. The van der Waals surface area contributed by atoms with Crippen molar-refractivity contribution in [2.24, 2.45) is 5.92 Å². The Morgan fingerprint density at radius 1 is 1.21 bits per heavy atom. The van der Waals surface area contributed by atoms with Gasteiger partial charge in [-0.2, -0.15) is 0 Å². The monoisotopic (exact) mass is 325 g/mol. The molecule has 1 heterocycles. The number of carboxylic acid groups (broad SMARTS) is 1. The van der Waals surface area contributed by atoms with Crippen LogP contribution in [0.25, 0.3) is 11.1 Å². The SMILES string of the molecule is CC(C)CC(Oc1ccccc1)c1nc2ccc(C(=O)O)cc2o1. The summed E-state index contributed by atoms with van der Waals surface area (Å²) in [6.07, 6.45) is 0.418. The molecule has 0 saturated carbocycles. The van der Waals surface area contributed by atoms with Crippen molar-refractivity contribution in [1.82, 2.24) is 4.98 Å². The third kappa shape index (κ3) is 3.56. The molecule has 3 aromatic rings. The number of carbonyl (C=O) groups is 1. The van der Waals surface area contributed by atoms with Crippen molar-refractivity contribution in [1.29, 1.82) is 0 Å². The Hall–Kier alpha value is -2.82. The van der Waals surface area contributed by atoms with Crippen LogP contribution in [0, 0.1) is 5.92 Å². The normalized spacial score (nSPS) is 12.5. The van der Waals surface area contributed by atoms with Gasteiger partial charge < -0.3 is 14.3 Å². The van der Waals surface area contributed by atoms with Crippen LogP contribution < -0.4 is 4.74 Å². The lowest BCUT2D eigenvalue weighted by Crippen LogP contribution is -2.11. The molecule has 124 valence electrons. The molecule has 0 saturated heterocycles. The van der Waals surface area contributed by atoms with Gasteiger partial charge in [-0.3, -0.25) is 0 Å². The predicted molar refractivity (Wildman–Crippen MR) is 90.2 cm³/mol. The number of fused-ring (bicyclic) bond motifs is 1. The summed E-state index contributed by atoms with van der Waals surface area (Å²) in [6, 6.07) is 14.2. The summed E-state index contributed by atoms with van der Waals surface area (Å²) in [7, 11) is 0. The Morgan fingerprint density at radius 2 is 1.96 bits per heavy atom. The summed E-state index contributed by atoms with van der Waals surface area (Å²) >= 11 is 0. The first-order valence-electron chi connectivity index (χ1n) is 7.88. The van der Waals surface area contributed by atoms with Crippen molar-refractivity contribution >= 4 is 17.1 Å². The molecule has 24 heavy (non-hydrogen) atoms. The molecule has 0 fully saturated rings. The molecule has 0 spiro atoms. The second-order valence-electron chi connectivity index (χ2n) is 6.09. The molecule has 1 aromatic heterocycles. The first kappa shape index (κ1) is 16.1. The van der Waals surface area contributed by atoms with Crippen molar-refractivity contribution in [3.05, 3.63) is 60.0 Å². The maximum atomic E-state index is 11.1. The summed E-state index contributed by atoms with van der Waals surface area (Å²) < 4.78 is 11.8. The predicted octanol–water partition coefficient (Wildman–Crippen LogP) is 4.69. The summed E-state index contributed by atoms with van der Waals surface area (Å²) in [4.78, 5) is 15.6. The summed E-state index contributed by atoms with van der Waals surface area (Å²) in [5, 5.41) is 9.09. The van der Waals surface area contributed by atoms with Crippen molar-refractivity contribution in [2.75, 3.05) is 0 Å². The van der Waals surface area contributed by atoms with E-state index in [0.717, 1.165) is 12.2 Å². The fraction of sp³-hybridized carbons (Fsp3) is 0.263. The highest BCUT2D eigenvalue weighted by molar-refractivity contribution is 5.91. The molecule has 1 unspecified atom stereocenters. The van der Waals surface area contributed by atoms with Crippen molar-refractivity contribution in [3.8, 4) is 5.75 Å². The van der Waals surface area contributed by atoms with E-state index in [9.17, 15) is 4.79 Å². The van der Waals surface area contributed by atoms with E-state index in [4.69, 9.17) is 14.3 Å². The van der Waals surface area contributed by atoms with Crippen LogP contribution in [0.5, 0.6) is 5.75 Å². The third-order valence-corrected chi connectivity index (χ3v) is 3.63. The average molecular weight is 325 g/mol. The number of ether oxygens (including phenoxy) is 1. The molecule has 1 atom stereocenters. The van der Waals surface area contributed by atoms with Gasteiger partial charge in [0.05, 0.1) is 5.56 Å². The average Bonchev–Trinajstić information content (AvgIpc) is 2.97. The topological polar surface area (TPSA) is 72.6 Å². The number of rotatable bonds is 6. The molecule has 5 heteroatoms. The lowest BCUT2D eigenvalue weighted by atomic mass is 10.1. The zero-order chi connectivity index (χ0) is 17.1. The zero-order valence-corrected chi connectivity index (χ0v) is 13.6. The quantitative estimate of drug-likeness (QED) is 0.711. The summed E-state index contributed by atoms with van der Waals surface area (Å²) in [5.41, 5.74) is 1.25. The largest absolute Gasteiger partial charge is 0.481 e. The van der Waals surface area contributed by atoms with Crippen LogP contribution in [0.15, 0.2) is 52.9 Å². The minimum absolute atomic E-state index is 0.176. The molecule has 0 bridgehead atoms. The number of oxazole rings is 1. The van der Waals surface area contributed by atoms with Gasteiger partial charge in [-0.05, 0) is 42.7 Å². The van der Waals surface area contributed by atoms with E-state index in [2.05, 4.69) is 18.8 Å². The van der Waals surface area contributed by atoms with E-state index >= 15 is 0 Å². The fourth-order valence-electron chi connectivity index (χ4n) is 2.50. The summed E-state index contributed by atoms with van der Waals surface area (Å²) in [5.74, 6) is 0.610. The lowest BCUT2D eigenvalue weighted by molar-refractivity contribution is 0.0697. The van der Waals surface area contributed by atoms with Crippen LogP contribution in [-0.2, 0) is 0 Å². The molecule has 3 rings (SSSR count). The maximum Gasteiger partial charge on any atom is 0.335 e. The third-order valence-electron chi connectivity index (χ3n) is 3.63. The molecule has 0 aliphatic carbocycles. The van der Waals surface area contributed by atoms with Gasteiger partial charge in [-0.25, -0.2) is 9.78 Å². The molecular weight excluding hydrogens is 306 g/mol. The number of hydrogen-bond acceptors (Lipinski definition) is 4. The molecule has 0 aliphatic heterocycles. The van der Waals surface area contributed by atoms with Crippen molar-refractivity contribution in [3.63, 3.8) is 0 Å². The Labute approximate surface area is 139 Å². The van der Waals surface area contributed by atoms with Gasteiger partial charge in [0.2, 0.25) is 5.89 Å². The highest BCUT2D eigenvalue weighted by atomic mass is 16.5. The van der Waals surface area contributed by atoms with Gasteiger partial charge in [0.25, 0.3) is 0 Å². The number of aromatic nitrogens is 1. The maximum absolute atomic E-state index is 11.1. The van der Waals surface area contributed by atoms with E-state index < -0.39 is 5.97 Å². The zero-order valence-electron chi connectivity index (χ0n) is 13.6. The fourth-order valence-corrected chi connectivity index (χ4v) is 2.50. The van der Waals surface area contributed by atoms with Gasteiger partial charge in [-0.15, -0.1) is 0 Å². The van der Waals surface area contributed by atoms with E-state index in [0.29, 0.717) is 22.9 Å². The van der Waals surface area contributed by atoms with Crippen LogP contribution in [-0.4, -0.2) is 16.1 Å². The van der Waals surface area contributed by atoms with Crippen molar-refractivity contribution < 1.29 is 19.1 Å². The van der Waals surface area contributed by atoms with Crippen LogP contribution in [0.1, 0.15) is 42.6 Å². The molecule has 2 aromatic carbocycles. The Morgan fingerprint density at radius 3 is 2.62 bits per heavy atom. The number of benzene rings is 2. The Bertz CT molecular complexity index is 839. The van der Waals surface area contributed by atoms with E-state index in [1.807, 2.05) is 30.3 Å². The van der Waals surface area contributed by atoms with Gasteiger partial charge in [0.1, 0.15) is 11.3 Å². The van der Waals surface area contributed by atoms with E-state index in [1.165, 1.54) is 12.1 Å². The number of carboxylic acids is 1. The number of para-hydroxylation sites is 1. The van der Waals surface area contributed by atoms with Gasteiger partial charge >= 0.3 is 5.97 Å². The highest BCUT2D eigenvalue weighted by Gasteiger charge is 2.22. The molecule has 5 nitrogen and oxygen atoms in total. The van der Waals surface area contributed by atoms with Crippen molar-refractivity contribution in [2.45, 2.75) is 26.4 Å². The van der Waals surface area contributed by atoms with Gasteiger partial charge in [0.15, 0.2) is 11.7 Å². The molecule has 0 aliphatic rings. The Kier molecular flexibility index (Phi) is 4.51. The second kappa shape index (κ2) is 6.74. The van der Waals surface area contributed by atoms with Crippen LogP contribution in [0.2, 0.25) is 0 Å². The molecular formula is C19H19NO4. The standard InChI is InChI=1S/C19H19NO4/c1-12(2)10-17(23-14-6-4-3-5-7-14)18-20-15-9-8-13(19(21)22)11-16(15)24-18/h3-9,11-12,17H,10H2,1-2H3,(H,21,22). The van der Waals surface area contributed by atoms with Crippen LogP contribution in [0.3, 0.4) is 0 Å². The number of aromatic carboxylic acids is 1. The van der Waals surface area contributed by atoms with Gasteiger partial charge in [-0.1, -0.05) is 32.0 Å². The van der Waals surface area contributed by atoms with E-state index in [1.54, 1.807) is 6.07 Å². The van der Waals surface area contributed by atoms with Crippen LogP contribution >= 0.6 is 0 Å². The Balaban J connectivity index is 1.94. The smallest absolute Gasteiger partial charge is 0.335 e. The minimum atomic E-state index is -0.992. The first-order valence-corrected chi connectivity index (χ1v) is 7.88.